The van der Waals surface area contributed by atoms with Gasteiger partial charge >= 0.3 is 8.03 Å². The van der Waals surface area contributed by atoms with Crippen LogP contribution in [0.3, 0.4) is 0 Å². The van der Waals surface area contributed by atoms with Crippen LogP contribution in [0.4, 0.5) is 0 Å². The van der Waals surface area contributed by atoms with E-state index in [-0.39, 0.29) is 0 Å². The molecule has 0 aromatic carbocycles. The molecule has 2 atom stereocenters. The number of nitrogens with zero attached hydrogens (tertiary/aromatic N) is 1. The number of rotatable bonds is 3. The van der Waals surface area contributed by atoms with Crippen molar-refractivity contribution in [2.75, 3.05) is 6.61 Å². The fourth-order valence-corrected chi connectivity index (χ4v) is 0.859. The van der Waals surface area contributed by atoms with E-state index in [1.807, 2.05) is 6.07 Å². The molecule has 0 fully saturated rings. The summed E-state index contributed by atoms with van der Waals surface area (Å²) < 4.78 is 15.4. The maximum atomic E-state index is 10.7. The summed E-state index contributed by atoms with van der Waals surface area (Å²) in [5, 5.41) is 8.22. The average molecular weight is 146 g/mol. The summed E-state index contributed by atoms with van der Waals surface area (Å²) in [6, 6.07) is 1.84. The normalized spacial score (nSPS) is 14.1. The lowest BCUT2D eigenvalue weighted by molar-refractivity contribution is 0.348. The Balaban J connectivity index is 3.63. The summed E-state index contributed by atoms with van der Waals surface area (Å²) in [4.78, 5) is 0. The molecule has 4 heteroatoms. The van der Waals surface area contributed by atoms with E-state index >= 15 is 0 Å². The summed E-state index contributed by atoms with van der Waals surface area (Å²) in [7, 11) is -1.75. The molecule has 3 nitrogen and oxygen atoms in total. The molecule has 0 bridgehead atoms. The van der Waals surface area contributed by atoms with E-state index in [4.69, 9.17) is 5.26 Å². The van der Waals surface area contributed by atoms with Crippen LogP contribution in [0, 0.1) is 11.3 Å². The minimum absolute atomic E-state index is 0.404. The molecule has 0 heterocycles. The number of nitriles is 1. The molecule has 50 valence electrons. The van der Waals surface area contributed by atoms with Gasteiger partial charge in [0.15, 0.2) is 0 Å². The third-order valence-electron chi connectivity index (χ3n) is 0.759. The van der Waals surface area contributed by atoms with Crippen LogP contribution in [0.15, 0.2) is 0 Å². The first-order valence-electron chi connectivity index (χ1n) is 2.71. The molecule has 0 radical (unpaired) electrons. The molecule has 0 rings (SSSR count). The highest BCUT2D eigenvalue weighted by Crippen LogP contribution is 2.27. The summed E-state index contributed by atoms with van der Waals surface area (Å²) in [6.07, 6.45) is 0. The molecule has 0 aromatic rings. The molecule has 0 spiro atoms. The Bertz CT molecular complexity index is 140. The highest BCUT2D eigenvalue weighted by molar-refractivity contribution is 7.40. The van der Waals surface area contributed by atoms with Crippen LogP contribution in [0.1, 0.15) is 13.8 Å². The van der Waals surface area contributed by atoms with E-state index < -0.39 is 13.7 Å². The summed E-state index contributed by atoms with van der Waals surface area (Å²) in [5.41, 5.74) is -0.486. The number of hydrogen-bond donors (Lipinski definition) is 0. The van der Waals surface area contributed by atoms with Crippen LogP contribution in [0.25, 0.3) is 0 Å². The average Bonchev–Trinajstić information content (AvgIpc) is 1.87. The van der Waals surface area contributed by atoms with Gasteiger partial charge in [0.1, 0.15) is 6.07 Å². The van der Waals surface area contributed by atoms with Crippen LogP contribution in [-0.4, -0.2) is 12.3 Å². The Morgan fingerprint density at radius 3 is 2.78 bits per heavy atom. The SMILES string of the molecule is CCO[P+](=O)C(C)C#N. The smallest absolute Gasteiger partial charge is 0.193 e. The molecule has 0 saturated carbocycles. The summed E-state index contributed by atoms with van der Waals surface area (Å²) in [6.45, 7) is 3.73. The van der Waals surface area contributed by atoms with Gasteiger partial charge in [-0.05, 0) is 18.4 Å². The molecule has 0 amide bonds. The molecule has 0 aromatic heterocycles. The lowest BCUT2D eigenvalue weighted by atomic mass is 10.5. The van der Waals surface area contributed by atoms with Crippen LogP contribution < -0.4 is 0 Å². The van der Waals surface area contributed by atoms with Crippen molar-refractivity contribution in [3.05, 3.63) is 0 Å². The highest BCUT2D eigenvalue weighted by Gasteiger charge is 2.26. The zero-order chi connectivity index (χ0) is 7.28. The zero-order valence-corrected chi connectivity index (χ0v) is 6.39. The fraction of sp³-hybridized carbons (Fsp3) is 0.800. The number of hydrogen-bond acceptors (Lipinski definition) is 3. The molecule has 0 aliphatic carbocycles. The van der Waals surface area contributed by atoms with Crippen LogP contribution in [0.5, 0.6) is 0 Å². The second-order valence-electron chi connectivity index (χ2n) is 1.51. The van der Waals surface area contributed by atoms with Gasteiger partial charge in [-0.25, -0.2) is 0 Å². The summed E-state index contributed by atoms with van der Waals surface area (Å²) >= 11 is 0. The molecule has 0 aliphatic heterocycles. The first kappa shape index (κ1) is 8.55. The quantitative estimate of drug-likeness (QED) is 0.569. The maximum Gasteiger partial charge on any atom is 0.526 e. The Morgan fingerprint density at radius 1 is 1.89 bits per heavy atom. The third kappa shape index (κ3) is 3.18. The monoisotopic (exact) mass is 146 g/mol. The molecule has 2 unspecified atom stereocenters. The van der Waals surface area contributed by atoms with Gasteiger partial charge in [-0.3, -0.25) is 0 Å². The summed E-state index contributed by atoms with van der Waals surface area (Å²) in [5.74, 6) is 0. The van der Waals surface area contributed by atoms with Crippen molar-refractivity contribution in [1.29, 1.82) is 5.26 Å². The zero-order valence-electron chi connectivity index (χ0n) is 5.50. The molecular weight excluding hydrogens is 137 g/mol. The van der Waals surface area contributed by atoms with E-state index in [2.05, 4.69) is 4.52 Å². The van der Waals surface area contributed by atoms with Gasteiger partial charge in [-0.1, -0.05) is 0 Å². The standard InChI is InChI=1S/C5H9NO2P/c1-3-8-9(7)5(2)4-6/h5H,3H2,1-2H3/q+1. The van der Waals surface area contributed by atoms with Crippen molar-refractivity contribution in [2.45, 2.75) is 19.5 Å². The second kappa shape index (κ2) is 4.43. The minimum atomic E-state index is -1.75. The molecule has 0 aliphatic rings. The van der Waals surface area contributed by atoms with Gasteiger partial charge in [0.2, 0.25) is 0 Å². The lowest BCUT2D eigenvalue weighted by Crippen LogP contribution is -1.92. The Kier molecular flexibility index (Phi) is 4.21. The largest absolute Gasteiger partial charge is 0.526 e. The van der Waals surface area contributed by atoms with Gasteiger partial charge in [0, 0.05) is 0 Å². The van der Waals surface area contributed by atoms with E-state index in [1.54, 1.807) is 13.8 Å². The Labute approximate surface area is 55.5 Å². The van der Waals surface area contributed by atoms with Crippen molar-refractivity contribution in [1.82, 2.24) is 0 Å². The van der Waals surface area contributed by atoms with E-state index in [0.717, 1.165) is 0 Å². The van der Waals surface area contributed by atoms with Gasteiger partial charge in [-0.2, -0.15) is 5.26 Å². The van der Waals surface area contributed by atoms with Crippen molar-refractivity contribution in [3.8, 4) is 6.07 Å². The van der Waals surface area contributed by atoms with Gasteiger partial charge in [0.05, 0.1) is 6.61 Å². The van der Waals surface area contributed by atoms with Crippen molar-refractivity contribution in [3.63, 3.8) is 0 Å². The van der Waals surface area contributed by atoms with Crippen LogP contribution in [0.2, 0.25) is 0 Å². The molecule has 0 saturated heterocycles. The first-order valence-corrected chi connectivity index (χ1v) is 3.96. The predicted octanol–water partition coefficient (Wildman–Crippen LogP) is 1.68. The van der Waals surface area contributed by atoms with Crippen LogP contribution in [-0.2, 0) is 9.09 Å². The molecule has 0 N–H and O–H groups in total. The fourth-order valence-electron chi connectivity index (χ4n) is 0.286. The van der Waals surface area contributed by atoms with Gasteiger partial charge < -0.3 is 0 Å². The molecular formula is C5H9NO2P+. The minimum Gasteiger partial charge on any atom is -0.193 e. The van der Waals surface area contributed by atoms with Gasteiger partial charge in [0.25, 0.3) is 5.66 Å². The van der Waals surface area contributed by atoms with Gasteiger partial charge in [-0.15, -0.1) is 4.52 Å². The lowest BCUT2D eigenvalue weighted by Gasteiger charge is -1.83. The Hall–Kier alpha value is -0.450. The predicted molar refractivity (Wildman–Crippen MR) is 34.3 cm³/mol. The van der Waals surface area contributed by atoms with E-state index in [9.17, 15) is 4.57 Å². The first-order chi connectivity index (χ1) is 4.22. The molecule has 9 heavy (non-hydrogen) atoms. The van der Waals surface area contributed by atoms with E-state index in [1.165, 1.54) is 0 Å². The topological polar surface area (TPSA) is 50.1 Å². The second-order valence-corrected chi connectivity index (χ2v) is 3.11. The van der Waals surface area contributed by atoms with Crippen LogP contribution >= 0.6 is 8.03 Å². The van der Waals surface area contributed by atoms with Crippen molar-refractivity contribution in [2.24, 2.45) is 0 Å². The third-order valence-corrected chi connectivity index (χ3v) is 2.02. The highest BCUT2D eigenvalue weighted by atomic mass is 31.1. The maximum absolute atomic E-state index is 10.7. The Morgan fingerprint density at radius 2 is 2.44 bits per heavy atom. The van der Waals surface area contributed by atoms with E-state index in [0.29, 0.717) is 6.61 Å². The van der Waals surface area contributed by atoms with Crippen molar-refractivity contribution >= 4 is 8.03 Å². The van der Waals surface area contributed by atoms with Crippen molar-refractivity contribution < 1.29 is 9.09 Å².